The summed E-state index contributed by atoms with van der Waals surface area (Å²) in [5.74, 6) is -3.09. The number of carbonyl (C=O) groups is 2. The topological polar surface area (TPSA) is 448 Å². The standard InChI is InChI=1S/C20H33NO28S4/c1-4-11(47-51(32,33)34)8(23)16(49-53(38,39)40)20(42-4)45-14-9(24)15(17(26)27)46-19(10(14)25)44-13-7(21-5(2)22)18(28)43-6(3-41-50(29,30)31)12(13)48-52(35,36)37/h4,6-16,18-20,23-25,28H,3H2,1-2H3,(H,21,22)(H,26,27)(H,29,30,31)(H,32,33,34)(H,35,36,37)(H,38,39,40)/t4-,6+,7+,8+,9-,10+,11+,12-,13+,14-,15-,16-,18+,19+,20-/m0/s1. The summed E-state index contributed by atoms with van der Waals surface area (Å²) in [7, 11) is -22.0. The van der Waals surface area contributed by atoms with E-state index in [1.807, 2.05) is 5.32 Å². The maximum absolute atomic E-state index is 12.1. The second-order valence-electron chi connectivity index (χ2n) is 11.1. The van der Waals surface area contributed by atoms with Crippen LogP contribution in [0.4, 0.5) is 0 Å². The van der Waals surface area contributed by atoms with E-state index in [1.54, 1.807) is 0 Å². The van der Waals surface area contributed by atoms with Crippen LogP contribution in [0.25, 0.3) is 0 Å². The van der Waals surface area contributed by atoms with Gasteiger partial charge < -0.3 is 54.5 Å². The first-order valence-corrected chi connectivity index (χ1v) is 19.5. The zero-order valence-corrected chi connectivity index (χ0v) is 29.5. The van der Waals surface area contributed by atoms with E-state index in [0.29, 0.717) is 0 Å². The van der Waals surface area contributed by atoms with E-state index >= 15 is 0 Å². The zero-order valence-electron chi connectivity index (χ0n) is 26.3. The van der Waals surface area contributed by atoms with Crippen molar-refractivity contribution in [1.29, 1.82) is 0 Å². The fourth-order valence-corrected chi connectivity index (χ4v) is 7.11. The van der Waals surface area contributed by atoms with Crippen molar-refractivity contribution in [3.8, 4) is 0 Å². The quantitative estimate of drug-likeness (QED) is 0.0684. The van der Waals surface area contributed by atoms with Crippen LogP contribution in [-0.2, 0) is 91.6 Å². The Morgan fingerprint density at radius 2 is 1.15 bits per heavy atom. The molecule has 0 bridgehead atoms. The molecule has 3 aliphatic rings. The van der Waals surface area contributed by atoms with Gasteiger partial charge in [-0.05, 0) is 6.92 Å². The molecule has 29 nitrogen and oxygen atoms in total. The van der Waals surface area contributed by atoms with Crippen LogP contribution in [0.3, 0.4) is 0 Å². The van der Waals surface area contributed by atoms with Crippen molar-refractivity contribution in [1.82, 2.24) is 5.32 Å². The van der Waals surface area contributed by atoms with E-state index < -0.39 is 152 Å². The molecule has 3 saturated heterocycles. The Balaban J connectivity index is 2.07. The van der Waals surface area contributed by atoms with Gasteiger partial charge in [-0.3, -0.25) is 23.0 Å². The molecule has 0 spiro atoms. The Morgan fingerprint density at radius 3 is 1.64 bits per heavy atom. The van der Waals surface area contributed by atoms with Crippen molar-refractivity contribution in [3.05, 3.63) is 0 Å². The van der Waals surface area contributed by atoms with E-state index in [-0.39, 0.29) is 0 Å². The molecule has 1 amide bonds. The lowest BCUT2D eigenvalue weighted by Gasteiger charge is -2.48. The smallest absolute Gasteiger partial charge is 0.397 e. The van der Waals surface area contributed by atoms with Gasteiger partial charge in [0.2, 0.25) is 5.91 Å². The second kappa shape index (κ2) is 17.1. The van der Waals surface area contributed by atoms with Crippen LogP contribution in [0.2, 0.25) is 0 Å². The molecule has 310 valence electrons. The van der Waals surface area contributed by atoms with Crippen molar-refractivity contribution < 1.29 is 127 Å². The van der Waals surface area contributed by atoms with Crippen molar-refractivity contribution >= 4 is 53.5 Å². The molecule has 53 heavy (non-hydrogen) atoms. The highest BCUT2D eigenvalue weighted by Crippen LogP contribution is 2.35. The summed E-state index contributed by atoms with van der Waals surface area (Å²) in [6, 6.07) is -2.06. The number of aliphatic hydroxyl groups excluding tert-OH is 4. The van der Waals surface area contributed by atoms with Crippen molar-refractivity contribution in [2.75, 3.05) is 6.61 Å². The molecule has 0 radical (unpaired) electrons. The number of carboxylic acids is 1. The van der Waals surface area contributed by atoms with Gasteiger partial charge in [-0.2, -0.15) is 33.7 Å². The fraction of sp³-hybridized carbons (Fsp3) is 0.900. The van der Waals surface area contributed by atoms with Gasteiger partial charge in [-0.1, -0.05) is 0 Å². The summed E-state index contributed by atoms with van der Waals surface area (Å²) < 4.78 is 172. The van der Waals surface area contributed by atoms with Gasteiger partial charge in [0.25, 0.3) is 0 Å². The zero-order chi connectivity index (χ0) is 40.6. The van der Waals surface area contributed by atoms with Crippen LogP contribution in [0.5, 0.6) is 0 Å². The summed E-state index contributed by atoms with van der Waals surface area (Å²) >= 11 is 0. The Morgan fingerprint density at radius 1 is 0.642 bits per heavy atom. The first kappa shape index (κ1) is 45.4. The van der Waals surface area contributed by atoms with Gasteiger partial charge in [-0.15, -0.1) is 0 Å². The Hall–Kier alpha value is -1.94. The van der Waals surface area contributed by atoms with Crippen molar-refractivity contribution in [2.45, 2.75) is 106 Å². The lowest BCUT2D eigenvalue weighted by atomic mass is 9.95. The summed E-state index contributed by atoms with van der Waals surface area (Å²) in [5, 5.41) is 55.1. The third-order valence-electron chi connectivity index (χ3n) is 7.24. The molecule has 3 aliphatic heterocycles. The molecular weight excluding hydrogens is 830 g/mol. The number of amides is 1. The van der Waals surface area contributed by atoms with E-state index in [2.05, 4.69) is 16.7 Å². The first-order chi connectivity index (χ1) is 24.0. The van der Waals surface area contributed by atoms with Gasteiger partial charge in [0.15, 0.2) is 31.1 Å². The first-order valence-electron chi connectivity index (χ1n) is 14.1. The third-order valence-corrected chi connectivity index (χ3v) is 9.07. The third kappa shape index (κ3) is 12.8. The van der Waals surface area contributed by atoms with E-state index in [4.69, 9.17) is 32.8 Å². The normalized spacial score (nSPS) is 38.9. The largest absolute Gasteiger partial charge is 0.479 e. The van der Waals surface area contributed by atoms with Gasteiger partial charge >= 0.3 is 47.6 Å². The number of aliphatic hydroxyl groups is 4. The highest BCUT2D eigenvalue weighted by Gasteiger charge is 2.57. The molecule has 0 aromatic carbocycles. The predicted octanol–water partition coefficient (Wildman–Crippen LogP) is -7.00. The number of rotatable bonds is 15. The molecule has 15 atom stereocenters. The summed E-state index contributed by atoms with van der Waals surface area (Å²) in [5.41, 5.74) is 0. The van der Waals surface area contributed by atoms with Crippen LogP contribution < -0.4 is 5.32 Å². The molecule has 0 saturated carbocycles. The molecule has 3 heterocycles. The van der Waals surface area contributed by atoms with Gasteiger partial charge in [0.05, 0.1) is 12.7 Å². The molecule has 3 fully saturated rings. The van der Waals surface area contributed by atoms with Crippen molar-refractivity contribution in [3.63, 3.8) is 0 Å². The molecule has 3 rings (SSSR count). The minimum Gasteiger partial charge on any atom is -0.479 e. The lowest BCUT2D eigenvalue weighted by molar-refractivity contribution is -0.363. The van der Waals surface area contributed by atoms with E-state index in [9.17, 15) is 77.9 Å². The number of nitrogens with one attached hydrogen (secondary N) is 1. The van der Waals surface area contributed by atoms with Gasteiger partial charge in [0, 0.05) is 6.92 Å². The van der Waals surface area contributed by atoms with Crippen LogP contribution in [-0.4, -0.2) is 188 Å². The minimum absolute atomic E-state index is 0.832. The number of ether oxygens (including phenoxy) is 5. The molecule has 0 aromatic heterocycles. The monoisotopic (exact) mass is 863 g/mol. The van der Waals surface area contributed by atoms with E-state index in [1.165, 1.54) is 0 Å². The average Bonchev–Trinajstić information content (AvgIpc) is 2.96. The molecule has 33 heteroatoms. The SMILES string of the molecule is CC(=O)N[C@@H]1[C@@H](O[C@@H]2O[C@H](C(=O)O)[C@@H](O)[C@H](O[C@@H]3O[C@@H](C)[C@@H](OS(=O)(=O)O)[C@@H](O)[C@@H]3OS(=O)(=O)O)[C@H]2O)[C@@H](OS(=O)(=O)O)[C@@H](COS(=O)(=O)O)O[C@H]1O. The average molecular weight is 864 g/mol. The van der Waals surface area contributed by atoms with Crippen LogP contribution in [0.15, 0.2) is 0 Å². The van der Waals surface area contributed by atoms with Gasteiger partial charge in [0.1, 0.15) is 54.9 Å². The molecule has 10 N–H and O–H groups in total. The van der Waals surface area contributed by atoms with Crippen LogP contribution >= 0.6 is 0 Å². The molecular formula is C20H33NO28S4. The number of carbonyl (C=O) groups excluding carboxylic acids is 1. The Bertz CT molecular complexity index is 1750. The summed E-state index contributed by atoms with van der Waals surface area (Å²) in [6.07, 6.45) is -33.7. The fourth-order valence-electron chi connectivity index (χ4n) is 5.26. The van der Waals surface area contributed by atoms with Crippen LogP contribution in [0.1, 0.15) is 13.8 Å². The highest BCUT2D eigenvalue weighted by atomic mass is 32.3. The maximum Gasteiger partial charge on any atom is 0.397 e. The lowest BCUT2D eigenvalue weighted by Crippen LogP contribution is -2.69. The highest BCUT2D eigenvalue weighted by molar-refractivity contribution is 7.81. The minimum atomic E-state index is -5.65. The number of hydrogen-bond donors (Lipinski definition) is 10. The number of aliphatic carboxylic acids is 1. The summed E-state index contributed by atoms with van der Waals surface area (Å²) in [4.78, 5) is 24.1. The Kier molecular flexibility index (Phi) is 14.6. The molecule has 0 unspecified atom stereocenters. The van der Waals surface area contributed by atoms with Crippen LogP contribution in [0, 0.1) is 0 Å². The van der Waals surface area contributed by atoms with Gasteiger partial charge in [-0.25, -0.2) is 21.5 Å². The number of hydrogen-bond acceptors (Lipinski definition) is 23. The summed E-state index contributed by atoms with van der Waals surface area (Å²) in [6.45, 7) is 0.354. The Labute approximate surface area is 298 Å². The predicted molar refractivity (Wildman–Crippen MR) is 154 cm³/mol. The number of carboxylic acid groups (broad SMARTS) is 1. The van der Waals surface area contributed by atoms with Crippen molar-refractivity contribution in [2.24, 2.45) is 0 Å². The van der Waals surface area contributed by atoms with E-state index in [0.717, 1.165) is 13.8 Å². The molecule has 0 aliphatic carbocycles. The molecule has 0 aromatic rings. The maximum atomic E-state index is 12.1. The second-order valence-corrected chi connectivity index (χ2v) is 15.4.